The summed E-state index contributed by atoms with van der Waals surface area (Å²) in [6.07, 6.45) is 7.99. The summed E-state index contributed by atoms with van der Waals surface area (Å²) in [5.41, 5.74) is 6.55. The molecule has 1 saturated heterocycles. The minimum Gasteiger partial charge on any atom is -0.344 e. The molecule has 5 rings (SSSR count). The minimum atomic E-state index is -0.393. The Hall–Kier alpha value is -1.30. The van der Waals surface area contributed by atoms with Crippen LogP contribution in [0.1, 0.15) is 44.9 Å². The fourth-order valence-electron chi connectivity index (χ4n) is 5.96. The Labute approximate surface area is 143 Å². The van der Waals surface area contributed by atoms with Crippen molar-refractivity contribution in [2.45, 2.75) is 56.5 Å². The van der Waals surface area contributed by atoms with Crippen molar-refractivity contribution in [1.29, 1.82) is 0 Å². The van der Waals surface area contributed by atoms with Gasteiger partial charge in [-0.05, 0) is 68.6 Å². The molecule has 6 nitrogen and oxygen atoms in total. The van der Waals surface area contributed by atoms with Crippen molar-refractivity contribution in [3.05, 3.63) is 0 Å². The van der Waals surface area contributed by atoms with Crippen LogP contribution in [0.4, 0.5) is 4.79 Å². The molecular formula is C18H30N4O2. The van der Waals surface area contributed by atoms with Crippen LogP contribution in [-0.2, 0) is 4.79 Å². The third-order valence-electron chi connectivity index (χ3n) is 7.18. The predicted molar refractivity (Wildman–Crippen MR) is 91.2 cm³/mol. The number of nitrogens with zero attached hydrogens (tertiary/aromatic N) is 1. The van der Waals surface area contributed by atoms with Crippen LogP contribution in [0.15, 0.2) is 0 Å². The number of nitrogens with one attached hydrogen (secondary N) is 2. The first-order chi connectivity index (χ1) is 11.5. The molecular weight excluding hydrogens is 304 g/mol. The second-order valence-corrected chi connectivity index (χ2v) is 8.70. The monoisotopic (exact) mass is 334 g/mol. The Morgan fingerprint density at radius 1 is 1.21 bits per heavy atom. The first kappa shape index (κ1) is 16.2. The molecule has 1 unspecified atom stereocenters. The molecule has 4 aliphatic carbocycles. The smallest absolute Gasteiger partial charge is 0.315 e. The van der Waals surface area contributed by atoms with Crippen molar-refractivity contribution < 1.29 is 9.59 Å². The first-order valence-corrected chi connectivity index (χ1v) is 9.54. The Balaban J connectivity index is 1.33. The maximum atomic E-state index is 12.3. The van der Waals surface area contributed by atoms with Crippen molar-refractivity contribution in [2.75, 3.05) is 20.1 Å². The Kier molecular flexibility index (Phi) is 3.98. The van der Waals surface area contributed by atoms with Gasteiger partial charge in [-0.15, -0.1) is 0 Å². The van der Waals surface area contributed by atoms with Crippen molar-refractivity contribution in [3.63, 3.8) is 0 Å². The average Bonchev–Trinajstić information content (AvgIpc) is 2.54. The number of piperidine rings is 1. The van der Waals surface area contributed by atoms with Gasteiger partial charge in [-0.1, -0.05) is 0 Å². The van der Waals surface area contributed by atoms with E-state index in [4.69, 9.17) is 5.73 Å². The number of carbonyl (C=O) groups is 2. The maximum Gasteiger partial charge on any atom is 0.315 e. The van der Waals surface area contributed by atoms with Crippen LogP contribution in [0.25, 0.3) is 0 Å². The van der Waals surface area contributed by atoms with Crippen LogP contribution in [0.3, 0.4) is 0 Å². The van der Waals surface area contributed by atoms with Crippen LogP contribution in [-0.4, -0.2) is 48.6 Å². The zero-order chi connectivity index (χ0) is 16.9. The number of likely N-dealkylation sites (tertiary alicyclic amines) is 1. The molecule has 4 N–H and O–H groups in total. The van der Waals surface area contributed by atoms with Gasteiger partial charge in [0.1, 0.15) is 6.04 Å². The molecule has 6 heteroatoms. The molecule has 3 amide bonds. The van der Waals surface area contributed by atoms with Crippen LogP contribution in [0.2, 0.25) is 0 Å². The number of amides is 3. The van der Waals surface area contributed by atoms with Crippen molar-refractivity contribution in [3.8, 4) is 0 Å². The number of hydrogen-bond acceptors (Lipinski definition) is 3. The molecule has 1 aliphatic heterocycles. The van der Waals surface area contributed by atoms with Gasteiger partial charge >= 0.3 is 6.03 Å². The molecule has 0 aromatic heterocycles. The lowest BCUT2D eigenvalue weighted by atomic mass is 9.49. The summed E-state index contributed by atoms with van der Waals surface area (Å²) in [5, 5.41) is 5.83. The van der Waals surface area contributed by atoms with E-state index in [2.05, 4.69) is 10.6 Å². The summed E-state index contributed by atoms with van der Waals surface area (Å²) in [4.78, 5) is 26.1. The molecule has 5 fully saturated rings. The maximum absolute atomic E-state index is 12.3. The van der Waals surface area contributed by atoms with Gasteiger partial charge in [0, 0.05) is 25.7 Å². The highest BCUT2D eigenvalue weighted by molar-refractivity contribution is 5.87. The standard InChI is InChI=1S/C18H30N4O2/c1-22-4-2-3-15(16(22)23)21-17(24)20-10-18(19)13-6-11-5-12(8-13)9-14(18)7-11/h11-15H,2-10,19H2,1H3,(H2,20,21,24). The second-order valence-electron chi connectivity index (χ2n) is 8.70. The fourth-order valence-corrected chi connectivity index (χ4v) is 5.96. The zero-order valence-electron chi connectivity index (χ0n) is 14.6. The molecule has 4 bridgehead atoms. The number of hydrogen-bond donors (Lipinski definition) is 3. The van der Waals surface area contributed by atoms with E-state index < -0.39 is 6.04 Å². The Bertz CT molecular complexity index is 507. The largest absolute Gasteiger partial charge is 0.344 e. The van der Waals surface area contributed by atoms with Crippen molar-refractivity contribution in [2.24, 2.45) is 29.4 Å². The lowest BCUT2D eigenvalue weighted by Gasteiger charge is -2.59. The third kappa shape index (κ3) is 2.68. The van der Waals surface area contributed by atoms with Crippen LogP contribution < -0.4 is 16.4 Å². The number of rotatable bonds is 3. The summed E-state index contributed by atoms with van der Waals surface area (Å²) in [6, 6.07) is -0.641. The lowest BCUT2D eigenvalue weighted by Crippen LogP contribution is -2.68. The topological polar surface area (TPSA) is 87.5 Å². The Morgan fingerprint density at radius 3 is 2.46 bits per heavy atom. The van der Waals surface area contributed by atoms with E-state index in [0.717, 1.165) is 31.2 Å². The van der Waals surface area contributed by atoms with E-state index in [0.29, 0.717) is 18.4 Å². The van der Waals surface area contributed by atoms with Gasteiger partial charge in [-0.2, -0.15) is 0 Å². The SMILES string of the molecule is CN1CCCC(NC(=O)NCC2(N)C3CC4CC(C3)CC2C4)C1=O. The molecule has 134 valence electrons. The highest BCUT2D eigenvalue weighted by Gasteiger charge is 2.55. The molecule has 1 atom stereocenters. The van der Waals surface area contributed by atoms with Crippen molar-refractivity contribution >= 4 is 11.9 Å². The summed E-state index contributed by atoms with van der Waals surface area (Å²) in [5.74, 6) is 2.85. The summed E-state index contributed by atoms with van der Waals surface area (Å²) < 4.78 is 0. The van der Waals surface area contributed by atoms with Gasteiger partial charge in [-0.25, -0.2) is 4.79 Å². The number of urea groups is 1. The highest BCUT2D eigenvalue weighted by Crippen LogP contribution is 2.57. The second kappa shape index (κ2) is 5.90. The molecule has 5 aliphatic rings. The molecule has 0 aromatic rings. The predicted octanol–water partition coefficient (Wildman–Crippen LogP) is 1.06. The lowest BCUT2D eigenvalue weighted by molar-refractivity contribution is -0.134. The Morgan fingerprint density at radius 2 is 1.83 bits per heavy atom. The highest BCUT2D eigenvalue weighted by atomic mass is 16.2. The number of carbonyl (C=O) groups excluding carboxylic acids is 2. The van der Waals surface area contributed by atoms with Crippen LogP contribution in [0, 0.1) is 23.7 Å². The molecule has 0 aromatic carbocycles. The molecule has 4 saturated carbocycles. The molecule has 1 heterocycles. The van der Waals surface area contributed by atoms with E-state index in [1.807, 2.05) is 0 Å². The van der Waals surface area contributed by atoms with E-state index >= 15 is 0 Å². The minimum absolute atomic E-state index is 0.00786. The number of nitrogens with two attached hydrogens (primary N) is 1. The van der Waals surface area contributed by atoms with E-state index in [1.165, 1.54) is 32.1 Å². The van der Waals surface area contributed by atoms with E-state index in [1.54, 1.807) is 11.9 Å². The van der Waals surface area contributed by atoms with E-state index in [9.17, 15) is 9.59 Å². The zero-order valence-corrected chi connectivity index (χ0v) is 14.6. The quantitative estimate of drug-likeness (QED) is 0.721. The summed E-state index contributed by atoms with van der Waals surface area (Å²) in [6.45, 7) is 1.31. The van der Waals surface area contributed by atoms with Crippen LogP contribution in [0.5, 0.6) is 0 Å². The van der Waals surface area contributed by atoms with Crippen molar-refractivity contribution in [1.82, 2.24) is 15.5 Å². The van der Waals surface area contributed by atoms with Gasteiger partial charge in [0.05, 0.1) is 0 Å². The normalized spacial score (nSPS) is 43.8. The number of likely N-dealkylation sites (N-methyl/N-ethyl adjacent to an activating group) is 1. The fraction of sp³-hybridized carbons (Fsp3) is 0.889. The third-order valence-corrected chi connectivity index (χ3v) is 7.18. The molecule has 24 heavy (non-hydrogen) atoms. The summed E-state index contributed by atoms with van der Waals surface area (Å²) >= 11 is 0. The van der Waals surface area contributed by atoms with E-state index in [-0.39, 0.29) is 17.5 Å². The summed E-state index contributed by atoms with van der Waals surface area (Å²) in [7, 11) is 1.79. The van der Waals surface area contributed by atoms with Gasteiger partial charge in [0.25, 0.3) is 0 Å². The van der Waals surface area contributed by atoms with Gasteiger partial charge < -0.3 is 21.3 Å². The first-order valence-electron chi connectivity index (χ1n) is 9.54. The average molecular weight is 334 g/mol. The molecule has 0 spiro atoms. The van der Waals surface area contributed by atoms with Gasteiger partial charge in [-0.3, -0.25) is 4.79 Å². The molecule has 0 radical (unpaired) electrons. The van der Waals surface area contributed by atoms with Gasteiger partial charge in [0.15, 0.2) is 0 Å². The van der Waals surface area contributed by atoms with Gasteiger partial charge in [0.2, 0.25) is 5.91 Å². The van der Waals surface area contributed by atoms with Crippen LogP contribution >= 0.6 is 0 Å².